The summed E-state index contributed by atoms with van der Waals surface area (Å²) < 4.78 is 0. The molecule has 2 fully saturated rings. The van der Waals surface area contributed by atoms with Gasteiger partial charge in [0.1, 0.15) is 0 Å². The second-order valence-corrected chi connectivity index (χ2v) is 7.81. The molecule has 17 heavy (non-hydrogen) atoms. The second kappa shape index (κ2) is 4.57. The number of hydrogen-bond donors (Lipinski definition) is 1. The molecule has 0 aromatic rings. The molecule has 0 bridgehead atoms. The van der Waals surface area contributed by atoms with Crippen molar-refractivity contribution < 1.29 is 0 Å². The first kappa shape index (κ1) is 13.4. The van der Waals surface area contributed by atoms with E-state index in [0.717, 1.165) is 17.8 Å². The number of rotatable bonds is 1. The van der Waals surface area contributed by atoms with Crippen molar-refractivity contribution in [2.45, 2.75) is 60.3 Å². The quantitative estimate of drug-likeness (QED) is 0.724. The Kier molecular flexibility index (Phi) is 3.60. The monoisotopic (exact) mass is 237 g/mol. The molecule has 1 nitrogen and oxygen atoms in total. The summed E-state index contributed by atoms with van der Waals surface area (Å²) in [6.07, 6.45) is 5.73. The van der Waals surface area contributed by atoms with Crippen molar-refractivity contribution in [1.82, 2.24) is 5.32 Å². The highest BCUT2D eigenvalue weighted by molar-refractivity contribution is 5.00. The zero-order valence-electron chi connectivity index (χ0n) is 12.5. The average Bonchev–Trinajstić information content (AvgIpc) is 2.24. The van der Waals surface area contributed by atoms with Gasteiger partial charge >= 0.3 is 0 Å². The van der Waals surface area contributed by atoms with Crippen LogP contribution in [0.2, 0.25) is 0 Å². The van der Waals surface area contributed by atoms with Crippen LogP contribution in [0, 0.1) is 28.6 Å². The third-order valence-corrected chi connectivity index (χ3v) is 5.78. The summed E-state index contributed by atoms with van der Waals surface area (Å²) in [5.74, 6) is 2.62. The number of hydrogen-bond acceptors (Lipinski definition) is 1. The fourth-order valence-electron chi connectivity index (χ4n) is 4.74. The van der Waals surface area contributed by atoms with Crippen molar-refractivity contribution in [2.75, 3.05) is 13.1 Å². The SMILES string of the molecule is CC(C)C1CNCCC12CCC(C)(C)CC2C. The van der Waals surface area contributed by atoms with Crippen LogP contribution in [0.5, 0.6) is 0 Å². The van der Waals surface area contributed by atoms with Gasteiger partial charge in [0, 0.05) is 0 Å². The van der Waals surface area contributed by atoms with Gasteiger partial charge in [0.2, 0.25) is 0 Å². The molecular weight excluding hydrogens is 206 g/mol. The Morgan fingerprint density at radius 3 is 2.41 bits per heavy atom. The maximum Gasteiger partial charge on any atom is -0.00126 e. The third-order valence-electron chi connectivity index (χ3n) is 5.78. The van der Waals surface area contributed by atoms with Crippen LogP contribution < -0.4 is 5.32 Å². The molecule has 1 spiro atoms. The summed E-state index contributed by atoms with van der Waals surface area (Å²) in [6, 6.07) is 0. The molecule has 2 rings (SSSR count). The van der Waals surface area contributed by atoms with E-state index in [4.69, 9.17) is 0 Å². The average molecular weight is 237 g/mol. The Bertz CT molecular complexity index is 269. The van der Waals surface area contributed by atoms with Crippen LogP contribution in [0.3, 0.4) is 0 Å². The van der Waals surface area contributed by atoms with Gasteiger partial charge in [-0.25, -0.2) is 0 Å². The first-order valence-corrected chi connectivity index (χ1v) is 7.58. The van der Waals surface area contributed by atoms with Crippen molar-refractivity contribution >= 4 is 0 Å². The fourth-order valence-corrected chi connectivity index (χ4v) is 4.74. The van der Waals surface area contributed by atoms with Crippen LogP contribution in [0.1, 0.15) is 60.3 Å². The summed E-state index contributed by atoms with van der Waals surface area (Å²) in [5.41, 5.74) is 1.23. The van der Waals surface area contributed by atoms with E-state index in [1.165, 1.54) is 38.8 Å². The zero-order chi connectivity index (χ0) is 12.7. The second-order valence-electron chi connectivity index (χ2n) is 7.81. The summed E-state index contributed by atoms with van der Waals surface area (Å²) in [6.45, 7) is 14.8. The van der Waals surface area contributed by atoms with E-state index in [9.17, 15) is 0 Å². The molecule has 1 N–H and O–H groups in total. The zero-order valence-corrected chi connectivity index (χ0v) is 12.5. The number of nitrogens with one attached hydrogen (secondary N) is 1. The standard InChI is InChI=1S/C16H31N/c1-12(2)14-11-17-9-8-16(14)7-6-15(4,5)10-13(16)3/h12-14,17H,6-11H2,1-5H3. The smallest absolute Gasteiger partial charge is 0.00126 e. The molecule has 0 amide bonds. The molecule has 2 aliphatic rings. The molecule has 0 radical (unpaired) electrons. The van der Waals surface area contributed by atoms with Crippen LogP contribution in [0.4, 0.5) is 0 Å². The van der Waals surface area contributed by atoms with Crippen LogP contribution in [-0.2, 0) is 0 Å². The minimum atomic E-state index is 0.580. The Balaban J connectivity index is 2.21. The molecule has 1 aliphatic carbocycles. The maximum atomic E-state index is 3.63. The fraction of sp³-hybridized carbons (Fsp3) is 1.00. The van der Waals surface area contributed by atoms with E-state index >= 15 is 0 Å². The predicted octanol–water partition coefficient (Wildman–Crippen LogP) is 4.08. The summed E-state index contributed by atoms with van der Waals surface area (Å²) in [5, 5.41) is 3.63. The minimum Gasteiger partial charge on any atom is -0.316 e. The van der Waals surface area contributed by atoms with Gasteiger partial charge < -0.3 is 5.32 Å². The molecule has 0 aromatic carbocycles. The Labute approximate surface area is 108 Å². The van der Waals surface area contributed by atoms with Gasteiger partial charge in [-0.15, -0.1) is 0 Å². The lowest BCUT2D eigenvalue weighted by Gasteiger charge is -2.56. The van der Waals surface area contributed by atoms with E-state index in [-0.39, 0.29) is 0 Å². The van der Waals surface area contributed by atoms with E-state index in [2.05, 4.69) is 39.9 Å². The lowest BCUT2D eigenvalue weighted by molar-refractivity contribution is -0.0514. The summed E-state index contributed by atoms with van der Waals surface area (Å²) in [4.78, 5) is 0. The van der Waals surface area contributed by atoms with Crippen molar-refractivity contribution in [1.29, 1.82) is 0 Å². The third kappa shape index (κ3) is 2.41. The van der Waals surface area contributed by atoms with Crippen molar-refractivity contribution in [3.05, 3.63) is 0 Å². The molecule has 1 saturated carbocycles. The van der Waals surface area contributed by atoms with Gasteiger partial charge in [-0.05, 0) is 67.4 Å². The topological polar surface area (TPSA) is 12.0 Å². The Hall–Kier alpha value is -0.0400. The van der Waals surface area contributed by atoms with E-state index in [1.807, 2.05) is 0 Å². The highest BCUT2D eigenvalue weighted by Crippen LogP contribution is 2.56. The largest absolute Gasteiger partial charge is 0.316 e. The lowest BCUT2D eigenvalue weighted by atomic mass is 9.51. The van der Waals surface area contributed by atoms with E-state index in [1.54, 1.807) is 0 Å². The molecule has 0 aromatic heterocycles. The van der Waals surface area contributed by atoms with E-state index < -0.39 is 0 Å². The van der Waals surface area contributed by atoms with Crippen molar-refractivity contribution in [2.24, 2.45) is 28.6 Å². The number of piperidine rings is 1. The molecular formula is C16H31N. The normalized spacial score (nSPS) is 42.0. The molecule has 3 atom stereocenters. The van der Waals surface area contributed by atoms with Gasteiger partial charge in [0.05, 0.1) is 0 Å². The minimum absolute atomic E-state index is 0.580. The van der Waals surface area contributed by atoms with Crippen LogP contribution in [0.15, 0.2) is 0 Å². The first-order chi connectivity index (χ1) is 7.87. The molecule has 3 unspecified atom stereocenters. The molecule has 100 valence electrons. The van der Waals surface area contributed by atoms with E-state index in [0.29, 0.717) is 10.8 Å². The first-order valence-electron chi connectivity index (χ1n) is 7.58. The molecule has 1 aliphatic heterocycles. The van der Waals surface area contributed by atoms with Gasteiger partial charge in [-0.1, -0.05) is 34.6 Å². The highest BCUT2D eigenvalue weighted by atomic mass is 14.9. The molecule has 1 heterocycles. The Morgan fingerprint density at radius 1 is 1.12 bits per heavy atom. The van der Waals surface area contributed by atoms with Crippen molar-refractivity contribution in [3.63, 3.8) is 0 Å². The summed E-state index contributed by atoms with van der Waals surface area (Å²) >= 11 is 0. The van der Waals surface area contributed by atoms with Crippen molar-refractivity contribution in [3.8, 4) is 0 Å². The summed E-state index contributed by atoms with van der Waals surface area (Å²) in [7, 11) is 0. The Morgan fingerprint density at radius 2 is 1.82 bits per heavy atom. The van der Waals surface area contributed by atoms with Gasteiger partial charge in [0.15, 0.2) is 0 Å². The molecule has 1 heteroatoms. The van der Waals surface area contributed by atoms with Gasteiger partial charge in [-0.2, -0.15) is 0 Å². The van der Waals surface area contributed by atoms with Gasteiger partial charge in [0.25, 0.3) is 0 Å². The maximum absolute atomic E-state index is 3.63. The van der Waals surface area contributed by atoms with Crippen LogP contribution in [0.25, 0.3) is 0 Å². The van der Waals surface area contributed by atoms with Crippen LogP contribution >= 0.6 is 0 Å². The predicted molar refractivity (Wildman–Crippen MR) is 75.0 cm³/mol. The highest BCUT2D eigenvalue weighted by Gasteiger charge is 2.49. The van der Waals surface area contributed by atoms with Gasteiger partial charge in [-0.3, -0.25) is 0 Å². The molecule has 1 saturated heterocycles. The van der Waals surface area contributed by atoms with Crippen LogP contribution in [-0.4, -0.2) is 13.1 Å². The lowest BCUT2D eigenvalue weighted by Crippen LogP contribution is -2.53.